The Bertz CT molecular complexity index is 217. The molecular weight excluding hydrogens is 155 g/mol. The van der Waals surface area contributed by atoms with Gasteiger partial charge in [0.1, 0.15) is 0 Å². The molecule has 0 aliphatic carbocycles. The number of likely N-dealkylation sites (N-methyl/N-ethyl adjacent to an activating group) is 1. The van der Waals surface area contributed by atoms with Crippen LogP contribution in [0.5, 0.6) is 0 Å². The average Bonchev–Trinajstić information content (AvgIpc) is 1.82. The number of rotatable bonds is 2. The second-order valence-electron chi connectivity index (χ2n) is 3.66. The SMILES string of the molecule is CN(C)CC1=CC=NC(C)(F)C1. The summed E-state index contributed by atoms with van der Waals surface area (Å²) in [5.41, 5.74) is 1.10. The summed E-state index contributed by atoms with van der Waals surface area (Å²) >= 11 is 0. The van der Waals surface area contributed by atoms with Crippen LogP contribution < -0.4 is 0 Å². The van der Waals surface area contributed by atoms with Gasteiger partial charge in [0, 0.05) is 19.2 Å². The Morgan fingerprint density at radius 2 is 2.33 bits per heavy atom. The van der Waals surface area contributed by atoms with Gasteiger partial charge in [-0.3, -0.25) is 4.99 Å². The zero-order chi connectivity index (χ0) is 9.19. The summed E-state index contributed by atoms with van der Waals surface area (Å²) in [6, 6.07) is 0. The Kier molecular flexibility index (Phi) is 2.62. The number of halogens is 1. The Hall–Kier alpha value is -0.700. The maximum atomic E-state index is 13.3. The van der Waals surface area contributed by atoms with Crippen LogP contribution in [-0.4, -0.2) is 37.5 Å². The number of hydrogen-bond acceptors (Lipinski definition) is 2. The molecule has 0 bridgehead atoms. The summed E-state index contributed by atoms with van der Waals surface area (Å²) in [5, 5.41) is 0. The van der Waals surface area contributed by atoms with Crippen molar-refractivity contribution in [3.8, 4) is 0 Å². The first-order valence-corrected chi connectivity index (χ1v) is 4.06. The molecule has 0 radical (unpaired) electrons. The largest absolute Gasteiger partial charge is 0.305 e. The van der Waals surface area contributed by atoms with Gasteiger partial charge in [0.15, 0.2) is 0 Å². The molecule has 2 nitrogen and oxygen atoms in total. The fourth-order valence-electron chi connectivity index (χ4n) is 1.33. The molecule has 0 fully saturated rings. The molecule has 3 heteroatoms. The van der Waals surface area contributed by atoms with Crippen molar-refractivity contribution in [1.82, 2.24) is 4.90 Å². The number of allylic oxidation sites excluding steroid dienone is 1. The van der Waals surface area contributed by atoms with Crippen molar-refractivity contribution in [2.24, 2.45) is 4.99 Å². The zero-order valence-electron chi connectivity index (χ0n) is 7.84. The first-order valence-electron chi connectivity index (χ1n) is 4.06. The van der Waals surface area contributed by atoms with Crippen LogP contribution in [0.25, 0.3) is 0 Å². The Morgan fingerprint density at radius 3 is 2.83 bits per heavy atom. The van der Waals surface area contributed by atoms with E-state index < -0.39 is 5.79 Å². The monoisotopic (exact) mass is 170 g/mol. The lowest BCUT2D eigenvalue weighted by atomic mass is 10.0. The molecule has 0 saturated heterocycles. The third-order valence-electron chi connectivity index (χ3n) is 1.72. The number of aliphatic imine (C=N–C) groups is 1. The highest BCUT2D eigenvalue weighted by molar-refractivity contribution is 5.74. The molecule has 0 spiro atoms. The summed E-state index contributed by atoms with van der Waals surface area (Å²) in [4.78, 5) is 5.76. The van der Waals surface area contributed by atoms with Crippen molar-refractivity contribution in [2.45, 2.75) is 19.1 Å². The first-order chi connectivity index (χ1) is 5.49. The lowest BCUT2D eigenvalue weighted by Crippen LogP contribution is -2.24. The minimum Gasteiger partial charge on any atom is -0.305 e. The minimum atomic E-state index is -1.39. The molecule has 0 aromatic carbocycles. The van der Waals surface area contributed by atoms with E-state index in [1.54, 1.807) is 6.21 Å². The second-order valence-corrected chi connectivity index (χ2v) is 3.66. The molecule has 1 atom stereocenters. The third kappa shape index (κ3) is 2.74. The molecule has 0 saturated carbocycles. The van der Waals surface area contributed by atoms with Gasteiger partial charge >= 0.3 is 0 Å². The molecule has 68 valence electrons. The van der Waals surface area contributed by atoms with E-state index in [2.05, 4.69) is 4.99 Å². The van der Waals surface area contributed by atoms with Crippen LogP contribution in [0.2, 0.25) is 0 Å². The zero-order valence-corrected chi connectivity index (χ0v) is 7.84. The number of hydrogen-bond donors (Lipinski definition) is 0. The van der Waals surface area contributed by atoms with E-state index >= 15 is 0 Å². The quantitative estimate of drug-likeness (QED) is 0.575. The molecular formula is C9H15FN2. The standard InChI is InChI=1S/C9H15FN2/c1-9(10)6-8(4-5-11-9)7-12(2)3/h4-5H,6-7H2,1-3H3. The lowest BCUT2D eigenvalue weighted by molar-refractivity contribution is 0.197. The highest BCUT2D eigenvalue weighted by Gasteiger charge is 2.24. The van der Waals surface area contributed by atoms with Gasteiger partial charge in [0.25, 0.3) is 0 Å². The van der Waals surface area contributed by atoms with Gasteiger partial charge in [-0.1, -0.05) is 0 Å². The molecule has 1 unspecified atom stereocenters. The van der Waals surface area contributed by atoms with Gasteiger partial charge in [-0.25, -0.2) is 4.39 Å². The summed E-state index contributed by atoms with van der Waals surface area (Å²) in [7, 11) is 3.95. The van der Waals surface area contributed by atoms with E-state index in [1.807, 2.05) is 25.1 Å². The molecule has 1 aliphatic rings. The summed E-state index contributed by atoms with van der Waals surface area (Å²) in [6.07, 6.45) is 3.87. The molecule has 1 rings (SSSR count). The van der Waals surface area contributed by atoms with Crippen LogP contribution in [0.15, 0.2) is 16.6 Å². The van der Waals surface area contributed by atoms with Gasteiger partial charge in [0.05, 0.1) is 0 Å². The molecule has 1 heterocycles. The highest BCUT2D eigenvalue weighted by atomic mass is 19.1. The molecule has 12 heavy (non-hydrogen) atoms. The van der Waals surface area contributed by atoms with Gasteiger partial charge < -0.3 is 4.90 Å². The number of alkyl halides is 1. The van der Waals surface area contributed by atoms with Crippen molar-refractivity contribution < 1.29 is 4.39 Å². The van der Waals surface area contributed by atoms with Crippen LogP contribution >= 0.6 is 0 Å². The molecule has 0 aromatic heterocycles. The van der Waals surface area contributed by atoms with Crippen molar-refractivity contribution in [2.75, 3.05) is 20.6 Å². The fourth-order valence-corrected chi connectivity index (χ4v) is 1.33. The normalized spacial score (nSPS) is 29.2. The topological polar surface area (TPSA) is 15.6 Å². The average molecular weight is 170 g/mol. The fraction of sp³-hybridized carbons (Fsp3) is 0.667. The predicted octanol–water partition coefficient (Wildman–Crippen LogP) is 1.63. The van der Waals surface area contributed by atoms with Gasteiger partial charge in [-0.15, -0.1) is 0 Å². The summed E-state index contributed by atoms with van der Waals surface area (Å²) in [5.74, 6) is -1.39. The molecule has 0 N–H and O–H groups in total. The van der Waals surface area contributed by atoms with Crippen LogP contribution in [0.1, 0.15) is 13.3 Å². The van der Waals surface area contributed by atoms with Gasteiger partial charge in [-0.05, 0) is 32.7 Å². The second kappa shape index (κ2) is 3.35. The maximum absolute atomic E-state index is 13.3. The van der Waals surface area contributed by atoms with Crippen LogP contribution in [0, 0.1) is 0 Å². The predicted molar refractivity (Wildman–Crippen MR) is 49.3 cm³/mol. The smallest absolute Gasteiger partial charge is 0.200 e. The Labute approximate surface area is 72.8 Å². The van der Waals surface area contributed by atoms with E-state index in [4.69, 9.17) is 0 Å². The van der Waals surface area contributed by atoms with E-state index in [0.717, 1.165) is 12.1 Å². The maximum Gasteiger partial charge on any atom is 0.200 e. The van der Waals surface area contributed by atoms with Crippen molar-refractivity contribution in [3.63, 3.8) is 0 Å². The number of dihydropyridines is 1. The van der Waals surface area contributed by atoms with Crippen LogP contribution in [0.3, 0.4) is 0 Å². The summed E-state index contributed by atoms with van der Waals surface area (Å²) in [6.45, 7) is 2.32. The van der Waals surface area contributed by atoms with Crippen LogP contribution in [0.4, 0.5) is 4.39 Å². The van der Waals surface area contributed by atoms with Crippen molar-refractivity contribution in [3.05, 3.63) is 11.6 Å². The van der Waals surface area contributed by atoms with Crippen molar-refractivity contribution in [1.29, 1.82) is 0 Å². The third-order valence-corrected chi connectivity index (χ3v) is 1.72. The first kappa shape index (κ1) is 9.39. The molecule has 1 aliphatic heterocycles. The Morgan fingerprint density at radius 1 is 1.67 bits per heavy atom. The van der Waals surface area contributed by atoms with Gasteiger partial charge in [0.2, 0.25) is 5.79 Å². The molecule has 0 aromatic rings. The van der Waals surface area contributed by atoms with E-state index in [1.165, 1.54) is 6.92 Å². The van der Waals surface area contributed by atoms with E-state index in [0.29, 0.717) is 6.42 Å². The minimum absolute atomic E-state index is 0.418. The van der Waals surface area contributed by atoms with Crippen LogP contribution in [-0.2, 0) is 0 Å². The summed E-state index contributed by atoms with van der Waals surface area (Å²) < 4.78 is 13.3. The molecule has 0 amide bonds. The van der Waals surface area contributed by atoms with E-state index in [-0.39, 0.29) is 0 Å². The lowest BCUT2D eigenvalue weighted by Gasteiger charge is -2.22. The van der Waals surface area contributed by atoms with Crippen molar-refractivity contribution >= 4 is 6.21 Å². The number of nitrogens with zero attached hydrogens (tertiary/aromatic N) is 2. The van der Waals surface area contributed by atoms with Gasteiger partial charge in [-0.2, -0.15) is 0 Å². The Balaban J connectivity index is 2.58. The highest BCUT2D eigenvalue weighted by Crippen LogP contribution is 2.24. The van der Waals surface area contributed by atoms with E-state index in [9.17, 15) is 4.39 Å².